The van der Waals surface area contributed by atoms with E-state index in [1.165, 1.54) is 0 Å². The molecule has 108 valence electrons. The molecule has 0 aliphatic rings. The lowest BCUT2D eigenvalue weighted by atomic mass is 10.3. The van der Waals surface area contributed by atoms with Gasteiger partial charge in [0.15, 0.2) is 0 Å². The Morgan fingerprint density at radius 3 is 2.52 bits per heavy atom. The molecule has 21 heavy (non-hydrogen) atoms. The van der Waals surface area contributed by atoms with Crippen LogP contribution >= 0.6 is 34.8 Å². The Labute approximate surface area is 137 Å². The predicted octanol–water partition coefficient (Wildman–Crippen LogP) is 5.15. The van der Waals surface area contributed by atoms with Gasteiger partial charge in [-0.05, 0) is 24.3 Å². The molecular weight excluding hydrogens is 329 g/mol. The summed E-state index contributed by atoms with van der Waals surface area (Å²) in [5, 5.41) is 4.68. The van der Waals surface area contributed by atoms with Crippen LogP contribution in [0.5, 0.6) is 0 Å². The van der Waals surface area contributed by atoms with Crippen molar-refractivity contribution in [1.29, 1.82) is 0 Å². The average molecular weight is 341 g/mol. The number of imidazole rings is 1. The van der Waals surface area contributed by atoms with E-state index in [4.69, 9.17) is 34.8 Å². The Morgan fingerprint density at radius 2 is 1.76 bits per heavy atom. The van der Waals surface area contributed by atoms with E-state index in [2.05, 4.69) is 10.3 Å². The van der Waals surface area contributed by atoms with Gasteiger partial charge in [-0.25, -0.2) is 4.98 Å². The monoisotopic (exact) mass is 339 g/mol. The van der Waals surface area contributed by atoms with Gasteiger partial charge in [-0.3, -0.25) is 0 Å². The van der Waals surface area contributed by atoms with Gasteiger partial charge in [0.25, 0.3) is 0 Å². The quantitative estimate of drug-likeness (QED) is 0.669. The molecule has 0 saturated carbocycles. The summed E-state index contributed by atoms with van der Waals surface area (Å²) in [6, 6.07) is 11.3. The van der Waals surface area contributed by atoms with Crippen LogP contribution < -0.4 is 5.32 Å². The zero-order chi connectivity index (χ0) is 15.0. The number of fused-ring (bicyclic) bond motifs is 1. The van der Waals surface area contributed by atoms with Gasteiger partial charge < -0.3 is 9.88 Å². The highest BCUT2D eigenvalue weighted by Gasteiger charge is 2.09. The van der Waals surface area contributed by atoms with E-state index in [0.29, 0.717) is 21.6 Å². The molecule has 3 nitrogen and oxygen atoms in total. The maximum atomic E-state index is 6.15. The van der Waals surface area contributed by atoms with Crippen molar-refractivity contribution < 1.29 is 0 Å². The van der Waals surface area contributed by atoms with Crippen molar-refractivity contribution in [3.63, 3.8) is 0 Å². The Kier molecular flexibility index (Phi) is 3.98. The van der Waals surface area contributed by atoms with Crippen LogP contribution in [0.4, 0.5) is 5.69 Å². The van der Waals surface area contributed by atoms with Crippen LogP contribution in [0.25, 0.3) is 11.0 Å². The summed E-state index contributed by atoms with van der Waals surface area (Å²) < 4.78 is 2.05. The van der Waals surface area contributed by atoms with Gasteiger partial charge in [0.2, 0.25) is 0 Å². The average Bonchev–Trinajstić information content (AvgIpc) is 2.79. The number of anilines is 1. The van der Waals surface area contributed by atoms with Gasteiger partial charge in [-0.1, -0.05) is 46.9 Å². The van der Waals surface area contributed by atoms with Crippen LogP contribution in [0.3, 0.4) is 0 Å². The maximum absolute atomic E-state index is 6.15. The molecule has 0 saturated heterocycles. The van der Waals surface area contributed by atoms with Crippen LogP contribution in [0.1, 0.15) is 5.82 Å². The number of nitrogens with zero attached hydrogens (tertiary/aromatic N) is 2. The Bertz CT molecular complexity index is 811. The summed E-state index contributed by atoms with van der Waals surface area (Å²) in [4.78, 5) is 4.60. The molecule has 0 bridgehead atoms. The highest BCUT2D eigenvalue weighted by molar-refractivity contribution is 6.44. The fraction of sp³-hybridized carbons (Fsp3) is 0.133. The molecule has 2 aromatic carbocycles. The van der Waals surface area contributed by atoms with Crippen LogP contribution in [0.15, 0.2) is 36.4 Å². The Hall–Kier alpha value is -1.42. The Morgan fingerprint density at radius 1 is 1.05 bits per heavy atom. The molecule has 3 rings (SSSR count). The second-order valence-corrected chi connectivity index (χ2v) is 5.90. The molecule has 3 aromatic rings. The number of halogens is 3. The lowest BCUT2D eigenvalue weighted by molar-refractivity contribution is 0.834. The molecule has 1 aromatic heterocycles. The van der Waals surface area contributed by atoms with Crippen molar-refractivity contribution >= 4 is 51.5 Å². The molecule has 0 aliphatic carbocycles. The molecule has 0 spiro atoms. The lowest BCUT2D eigenvalue weighted by Gasteiger charge is -2.09. The van der Waals surface area contributed by atoms with Gasteiger partial charge in [-0.15, -0.1) is 0 Å². The fourth-order valence-corrected chi connectivity index (χ4v) is 2.80. The first-order valence-corrected chi connectivity index (χ1v) is 7.48. The summed E-state index contributed by atoms with van der Waals surface area (Å²) >= 11 is 18.1. The van der Waals surface area contributed by atoms with Crippen molar-refractivity contribution in [2.24, 2.45) is 7.05 Å². The van der Waals surface area contributed by atoms with E-state index in [1.807, 2.05) is 35.9 Å². The smallest absolute Gasteiger partial charge is 0.128 e. The highest BCUT2D eigenvalue weighted by atomic mass is 35.5. The molecule has 0 aliphatic heterocycles. The van der Waals surface area contributed by atoms with Crippen molar-refractivity contribution in [1.82, 2.24) is 9.55 Å². The zero-order valence-electron chi connectivity index (χ0n) is 11.2. The molecule has 0 radical (unpaired) electrons. The third-order valence-electron chi connectivity index (χ3n) is 3.33. The van der Waals surface area contributed by atoms with E-state index in [-0.39, 0.29) is 0 Å². The number of benzene rings is 2. The minimum absolute atomic E-state index is 0.440. The van der Waals surface area contributed by atoms with Gasteiger partial charge in [-0.2, -0.15) is 0 Å². The molecule has 0 atom stereocenters. The van der Waals surface area contributed by atoms with E-state index < -0.39 is 0 Å². The summed E-state index contributed by atoms with van der Waals surface area (Å²) in [5.74, 6) is 0.915. The first-order valence-electron chi connectivity index (χ1n) is 6.35. The fourth-order valence-electron chi connectivity index (χ4n) is 2.19. The minimum Gasteiger partial charge on any atom is -0.377 e. The molecule has 0 unspecified atom stereocenters. The van der Waals surface area contributed by atoms with Crippen LogP contribution in [-0.2, 0) is 13.6 Å². The van der Waals surface area contributed by atoms with Gasteiger partial charge in [0.1, 0.15) is 5.82 Å². The van der Waals surface area contributed by atoms with Crippen molar-refractivity contribution in [2.75, 3.05) is 5.32 Å². The first-order chi connectivity index (χ1) is 10.1. The van der Waals surface area contributed by atoms with Gasteiger partial charge in [0.05, 0.1) is 38.3 Å². The molecular formula is C15H12Cl3N3. The third-order valence-corrected chi connectivity index (χ3v) is 4.36. The van der Waals surface area contributed by atoms with Crippen LogP contribution in [0.2, 0.25) is 15.1 Å². The van der Waals surface area contributed by atoms with E-state index >= 15 is 0 Å². The largest absolute Gasteiger partial charge is 0.377 e. The van der Waals surface area contributed by atoms with Crippen molar-refractivity contribution in [3.05, 3.63) is 57.3 Å². The third kappa shape index (κ3) is 2.82. The molecule has 0 amide bonds. The zero-order valence-corrected chi connectivity index (χ0v) is 13.5. The number of rotatable bonds is 3. The maximum Gasteiger partial charge on any atom is 0.128 e. The number of hydrogen-bond acceptors (Lipinski definition) is 2. The van der Waals surface area contributed by atoms with Crippen LogP contribution in [-0.4, -0.2) is 9.55 Å². The van der Waals surface area contributed by atoms with Crippen LogP contribution in [0, 0.1) is 0 Å². The minimum atomic E-state index is 0.440. The topological polar surface area (TPSA) is 29.9 Å². The van der Waals surface area contributed by atoms with E-state index in [1.54, 1.807) is 12.1 Å². The normalized spacial score (nSPS) is 11.0. The lowest BCUT2D eigenvalue weighted by Crippen LogP contribution is -2.06. The van der Waals surface area contributed by atoms with Crippen molar-refractivity contribution in [2.45, 2.75) is 6.54 Å². The van der Waals surface area contributed by atoms with E-state index in [9.17, 15) is 0 Å². The van der Waals surface area contributed by atoms with Gasteiger partial charge >= 0.3 is 0 Å². The number of hydrogen-bond donors (Lipinski definition) is 1. The molecule has 1 heterocycles. The highest BCUT2D eigenvalue weighted by Crippen LogP contribution is 2.32. The molecule has 0 fully saturated rings. The summed E-state index contributed by atoms with van der Waals surface area (Å²) in [7, 11) is 1.99. The molecule has 1 N–H and O–H groups in total. The second kappa shape index (κ2) is 5.76. The number of aromatic nitrogens is 2. The number of nitrogens with one attached hydrogen (secondary N) is 1. The second-order valence-electron chi connectivity index (χ2n) is 4.68. The summed E-state index contributed by atoms with van der Waals surface area (Å²) in [6.45, 7) is 0.545. The summed E-state index contributed by atoms with van der Waals surface area (Å²) in [5.41, 5.74) is 2.80. The molecule has 6 heteroatoms. The number of para-hydroxylation sites is 2. The summed E-state index contributed by atoms with van der Waals surface area (Å²) in [6.07, 6.45) is 0. The SMILES string of the molecule is Cn1c(CNc2cc(Cl)c(Cl)cc2Cl)nc2ccccc21. The van der Waals surface area contributed by atoms with Crippen molar-refractivity contribution in [3.8, 4) is 0 Å². The first kappa shape index (κ1) is 14.5. The standard InChI is InChI=1S/C15H12Cl3N3/c1-21-14-5-3-2-4-12(14)20-15(21)8-19-13-7-10(17)9(16)6-11(13)18/h2-7,19H,8H2,1H3. The Balaban J connectivity index is 1.87. The predicted molar refractivity (Wildman–Crippen MR) is 89.5 cm³/mol. The number of aryl methyl sites for hydroxylation is 1. The van der Waals surface area contributed by atoms with Gasteiger partial charge in [0, 0.05) is 7.05 Å². The van der Waals surface area contributed by atoms with E-state index in [0.717, 1.165) is 22.5 Å².